The number of carbonyl (C=O) groups is 5. The number of likely N-dealkylation sites (N-methyl/N-ethyl adjacent to an activating group) is 1. The molecule has 3 amide bonds. The third-order valence-corrected chi connectivity index (χ3v) is 9.47. The second-order valence-corrected chi connectivity index (χ2v) is 12.7. The van der Waals surface area contributed by atoms with Crippen LogP contribution in [0.5, 0.6) is 0 Å². The van der Waals surface area contributed by atoms with E-state index in [2.05, 4.69) is 39.7 Å². The molecule has 0 spiro atoms. The number of amides is 3. The van der Waals surface area contributed by atoms with E-state index in [9.17, 15) is 24.0 Å². The number of nitrogens with one attached hydrogen (secondary N) is 4. The predicted octanol–water partition coefficient (Wildman–Crippen LogP) is 5.67. The number of hydrogen-bond acceptors (Lipinski definition) is 7. The van der Waals surface area contributed by atoms with Gasteiger partial charge in [0.25, 0.3) is 11.8 Å². The molecule has 0 saturated carbocycles. The van der Waals surface area contributed by atoms with Gasteiger partial charge in [-0.2, -0.15) is 0 Å². The summed E-state index contributed by atoms with van der Waals surface area (Å²) >= 11 is 0. The lowest BCUT2D eigenvalue weighted by molar-refractivity contribution is -0.158. The highest BCUT2D eigenvalue weighted by Crippen LogP contribution is 2.36. The first kappa shape index (κ1) is 38.4. The summed E-state index contributed by atoms with van der Waals surface area (Å²) < 4.78 is 5.97. The van der Waals surface area contributed by atoms with Crippen LogP contribution >= 0.6 is 0 Å². The molecule has 0 aliphatic carbocycles. The SMILES string of the molecule is CCC(C)C(=O)C(C)OC(C)(CC)C(=O)CCC(=O)Nc1ccc2c(c1)/C(=C/c1[nH]c(C)c(C(=O)NCCN(CC)CC)c1C)C(=O)N2. The third-order valence-electron chi connectivity index (χ3n) is 9.47. The lowest BCUT2D eigenvalue weighted by Gasteiger charge is -2.31. The molecule has 48 heavy (non-hydrogen) atoms. The van der Waals surface area contributed by atoms with Crippen molar-refractivity contribution in [3.05, 3.63) is 46.3 Å². The van der Waals surface area contributed by atoms with Gasteiger partial charge in [-0.25, -0.2) is 0 Å². The first-order valence-electron chi connectivity index (χ1n) is 17.1. The maximum Gasteiger partial charge on any atom is 0.256 e. The van der Waals surface area contributed by atoms with Crippen LogP contribution in [0.1, 0.15) is 107 Å². The van der Waals surface area contributed by atoms with Crippen LogP contribution in [0, 0.1) is 19.8 Å². The smallest absolute Gasteiger partial charge is 0.256 e. The molecule has 0 saturated heterocycles. The minimum atomic E-state index is -1.18. The topological polar surface area (TPSA) is 150 Å². The molecule has 262 valence electrons. The van der Waals surface area contributed by atoms with Gasteiger partial charge in [-0.3, -0.25) is 24.0 Å². The number of ether oxygens (including phenoxy) is 1. The summed E-state index contributed by atoms with van der Waals surface area (Å²) in [5.41, 5.74) is 3.54. The summed E-state index contributed by atoms with van der Waals surface area (Å²) in [5.74, 6) is -1.28. The van der Waals surface area contributed by atoms with E-state index in [1.807, 2.05) is 34.6 Å². The second-order valence-electron chi connectivity index (χ2n) is 12.7. The lowest BCUT2D eigenvalue weighted by Crippen LogP contribution is -2.43. The van der Waals surface area contributed by atoms with Crippen molar-refractivity contribution >= 4 is 52.3 Å². The summed E-state index contributed by atoms with van der Waals surface area (Å²) in [6.45, 7) is 19.9. The van der Waals surface area contributed by atoms with Crippen LogP contribution in [-0.4, -0.2) is 77.1 Å². The highest BCUT2D eigenvalue weighted by molar-refractivity contribution is 6.35. The van der Waals surface area contributed by atoms with Crippen LogP contribution in [0.15, 0.2) is 18.2 Å². The number of benzene rings is 1. The number of Topliss-reactive ketones (excluding diaryl/α,β-unsaturated/α-hetero) is 2. The number of hydrogen-bond donors (Lipinski definition) is 4. The highest BCUT2D eigenvalue weighted by Gasteiger charge is 2.36. The van der Waals surface area contributed by atoms with Crippen LogP contribution in [0.3, 0.4) is 0 Å². The zero-order valence-electron chi connectivity index (χ0n) is 30.0. The molecule has 3 atom stereocenters. The molecule has 11 heteroatoms. The fourth-order valence-corrected chi connectivity index (χ4v) is 5.88. The predicted molar refractivity (Wildman–Crippen MR) is 190 cm³/mol. The van der Waals surface area contributed by atoms with Crippen LogP contribution < -0.4 is 16.0 Å². The summed E-state index contributed by atoms with van der Waals surface area (Å²) in [4.78, 5) is 70.2. The number of carbonyl (C=O) groups excluding carboxylic acids is 5. The molecule has 2 aromatic rings. The Bertz CT molecular complexity index is 1560. The fraction of sp³-hybridized carbons (Fsp3) is 0.541. The first-order chi connectivity index (χ1) is 22.7. The van der Waals surface area contributed by atoms with Crippen molar-refractivity contribution in [2.24, 2.45) is 5.92 Å². The molecule has 3 rings (SSSR count). The molecule has 1 aromatic heterocycles. The Labute approximate surface area is 284 Å². The van der Waals surface area contributed by atoms with Gasteiger partial charge < -0.3 is 30.6 Å². The van der Waals surface area contributed by atoms with E-state index < -0.39 is 11.7 Å². The van der Waals surface area contributed by atoms with E-state index >= 15 is 0 Å². The van der Waals surface area contributed by atoms with Gasteiger partial charge in [0.2, 0.25) is 5.91 Å². The minimum absolute atomic E-state index is 0.0466. The molecule has 2 heterocycles. The van der Waals surface area contributed by atoms with E-state index in [1.54, 1.807) is 38.1 Å². The lowest BCUT2D eigenvalue weighted by atomic mass is 9.92. The minimum Gasteiger partial charge on any atom is -0.358 e. The molecule has 1 aliphatic rings. The third kappa shape index (κ3) is 9.08. The van der Waals surface area contributed by atoms with Crippen LogP contribution in [0.25, 0.3) is 11.6 Å². The molecule has 4 N–H and O–H groups in total. The number of ketones is 2. The molecule has 1 aromatic carbocycles. The van der Waals surface area contributed by atoms with Crippen molar-refractivity contribution < 1.29 is 28.7 Å². The van der Waals surface area contributed by atoms with Gasteiger partial charge in [-0.1, -0.05) is 34.6 Å². The fourth-order valence-electron chi connectivity index (χ4n) is 5.88. The average molecular weight is 664 g/mol. The van der Waals surface area contributed by atoms with Crippen molar-refractivity contribution in [1.29, 1.82) is 0 Å². The highest BCUT2D eigenvalue weighted by atomic mass is 16.5. The molecular formula is C37H53N5O6. The number of nitrogens with zero attached hydrogens (tertiary/aromatic N) is 1. The number of H-pyrrole nitrogens is 1. The van der Waals surface area contributed by atoms with Crippen molar-refractivity contribution in [1.82, 2.24) is 15.2 Å². The Morgan fingerprint density at radius 3 is 2.35 bits per heavy atom. The van der Waals surface area contributed by atoms with Gasteiger partial charge in [-0.15, -0.1) is 0 Å². The first-order valence-corrected chi connectivity index (χ1v) is 17.1. The summed E-state index contributed by atoms with van der Waals surface area (Å²) in [5, 5.41) is 8.70. The summed E-state index contributed by atoms with van der Waals surface area (Å²) in [6, 6.07) is 5.12. The average Bonchev–Trinajstić information content (AvgIpc) is 3.53. The number of aryl methyl sites for hydroxylation is 1. The van der Waals surface area contributed by atoms with Gasteiger partial charge in [0, 0.05) is 60.2 Å². The Morgan fingerprint density at radius 2 is 1.73 bits per heavy atom. The molecule has 1 aliphatic heterocycles. The number of fused-ring (bicyclic) bond motifs is 1. The number of rotatable bonds is 18. The zero-order valence-corrected chi connectivity index (χ0v) is 30.0. The largest absolute Gasteiger partial charge is 0.358 e. The zero-order chi connectivity index (χ0) is 35.8. The standard InChI is InChI=1S/C37H53N5O6/c1-10-22(5)34(45)25(8)48-37(9,11-2)31(43)16-17-32(44)40-26-14-15-29-27(20-26)28(35(46)41-29)21-30-23(6)33(24(7)39-30)36(47)38-18-19-42(12-3)13-4/h14-15,20-22,25,39H,10-13,16-19H2,1-9H3,(H,38,47)(H,40,44)(H,41,46)/b28-21-. The van der Waals surface area contributed by atoms with Gasteiger partial charge in [0.05, 0.1) is 11.1 Å². The number of aromatic amines is 1. The van der Waals surface area contributed by atoms with E-state index in [1.165, 1.54) is 0 Å². The van der Waals surface area contributed by atoms with Crippen molar-refractivity contribution in [3.8, 4) is 0 Å². The van der Waals surface area contributed by atoms with E-state index in [0.717, 1.165) is 25.2 Å². The van der Waals surface area contributed by atoms with E-state index in [-0.39, 0.29) is 48.0 Å². The van der Waals surface area contributed by atoms with Crippen molar-refractivity contribution in [2.45, 2.75) is 99.7 Å². The maximum absolute atomic E-state index is 13.2. The van der Waals surface area contributed by atoms with Crippen LogP contribution in [0.2, 0.25) is 0 Å². The monoisotopic (exact) mass is 663 g/mol. The Morgan fingerprint density at radius 1 is 1.04 bits per heavy atom. The van der Waals surface area contributed by atoms with Crippen molar-refractivity contribution in [3.63, 3.8) is 0 Å². The molecule has 0 fully saturated rings. The molecule has 11 nitrogen and oxygen atoms in total. The number of aromatic nitrogens is 1. The quantitative estimate of drug-likeness (QED) is 0.150. The normalized spacial score (nSPS) is 15.9. The second kappa shape index (κ2) is 16.8. The van der Waals surface area contributed by atoms with Gasteiger partial charge in [0.15, 0.2) is 11.6 Å². The Kier molecular flexibility index (Phi) is 13.5. The van der Waals surface area contributed by atoms with Crippen LogP contribution in [-0.2, 0) is 23.9 Å². The van der Waals surface area contributed by atoms with Crippen molar-refractivity contribution in [2.75, 3.05) is 36.8 Å². The summed E-state index contributed by atoms with van der Waals surface area (Å²) in [6.07, 6.45) is 1.94. The van der Waals surface area contributed by atoms with E-state index in [0.29, 0.717) is 58.8 Å². The molecule has 0 bridgehead atoms. The molecule has 3 unspecified atom stereocenters. The Hall–Kier alpha value is -4.09. The van der Waals surface area contributed by atoms with Gasteiger partial charge in [-0.05, 0) is 83.5 Å². The van der Waals surface area contributed by atoms with Crippen LogP contribution in [0.4, 0.5) is 11.4 Å². The Balaban J connectivity index is 1.70. The number of anilines is 2. The summed E-state index contributed by atoms with van der Waals surface area (Å²) in [7, 11) is 0. The van der Waals surface area contributed by atoms with Gasteiger partial charge in [0.1, 0.15) is 11.7 Å². The molecule has 0 radical (unpaired) electrons. The molecular weight excluding hydrogens is 610 g/mol. The maximum atomic E-state index is 13.2. The van der Waals surface area contributed by atoms with Gasteiger partial charge >= 0.3 is 0 Å². The van der Waals surface area contributed by atoms with E-state index in [4.69, 9.17) is 4.74 Å².